The Morgan fingerprint density at radius 1 is 1.25 bits per heavy atom. The molecule has 1 aromatic rings. The van der Waals surface area contributed by atoms with Crippen LogP contribution in [-0.4, -0.2) is 31.4 Å². The molecule has 0 unspecified atom stereocenters. The molecular weight excluding hydrogens is 309 g/mol. The Morgan fingerprint density at radius 2 is 1.96 bits per heavy atom. The summed E-state index contributed by atoms with van der Waals surface area (Å²) in [7, 11) is 0. The van der Waals surface area contributed by atoms with Gasteiger partial charge in [0.1, 0.15) is 5.82 Å². The van der Waals surface area contributed by atoms with Gasteiger partial charge in [-0.1, -0.05) is 6.92 Å². The molecule has 1 heterocycles. The predicted molar refractivity (Wildman–Crippen MR) is 91.4 cm³/mol. The van der Waals surface area contributed by atoms with Crippen LogP contribution in [0.2, 0.25) is 0 Å². The van der Waals surface area contributed by atoms with Gasteiger partial charge in [0.25, 0.3) is 0 Å². The second-order valence-corrected chi connectivity index (χ2v) is 6.80. The Kier molecular flexibility index (Phi) is 5.02. The highest BCUT2D eigenvalue weighted by Gasteiger charge is 2.38. The molecule has 1 aliphatic heterocycles. The van der Waals surface area contributed by atoms with Gasteiger partial charge in [0, 0.05) is 43.3 Å². The van der Waals surface area contributed by atoms with Crippen LogP contribution in [0.15, 0.2) is 18.2 Å². The van der Waals surface area contributed by atoms with Crippen molar-refractivity contribution in [2.24, 2.45) is 11.8 Å². The van der Waals surface area contributed by atoms with Crippen LogP contribution in [0.4, 0.5) is 15.8 Å². The summed E-state index contributed by atoms with van der Waals surface area (Å²) in [6, 6.07) is 4.62. The Balaban J connectivity index is 1.49. The first-order valence-electron chi connectivity index (χ1n) is 8.66. The number of nitrogens with zero attached hydrogens (tertiary/aromatic N) is 1. The molecule has 1 saturated carbocycles. The molecule has 2 fully saturated rings. The molecular formula is C18H24FN3O2. The zero-order valence-corrected chi connectivity index (χ0v) is 14.0. The second kappa shape index (κ2) is 7.20. The standard InChI is InChI=1S/C18H24FN3O2/c1-12-8-16(12)18(24)20-5-4-17(23)21-14-9-13(19)10-15(11-14)22-6-2-3-7-22/h9-12,16H,2-8H2,1H3,(H,20,24)(H,21,23)/t12-,16+/m1/s1. The average molecular weight is 333 g/mol. The van der Waals surface area contributed by atoms with Crippen LogP contribution in [0.5, 0.6) is 0 Å². The Hall–Kier alpha value is -2.11. The van der Waals surface area contributed by atoms with Gasteiger partial charge in [0.2, 0.25) is 11.8 Å². The maximum absolute atomic E-state index is 13.8. The third-order valence-electron chi connectivity index (χ3n) is 4.74. The predicted octanol–water partition coefficient (Wildman–Crippen LogP) is 2.53. The molecule has 5 nitrogen and oxygen atoms in total. The molecule has 1 aliphatic carbocycles. The van der Waals surface area contributed by atoms with Crippen molar-refractivity contribution in [3.8, 4) is 0 Å². The largest absolute Gasteiger partial charge is 0.371 e. The molecule has 130 valence electrons. The summed E-state index contributed by atoms with van der Waals surface area (Å²) < 4.78 is 13.8. The second-order valence-electron chi connectivity index (χ2n) is 6.80. The number of rotatable bonds is 6. The molecule has 24 heavy (non-hydrogen) atoms. The number of anilines is 2. The number of carbonyl (C=O) groups excluding carboxylic acids is 2. The van der Waals surface area contributed by atoms with Gasteiger partial charge in [-0.05, 0) is 43.4 Å². The monoisotopic (exact) mass is 333 g/mol. The minimum Gasteiger partial charge on any atom is -0.371 e. The topological polar surface area (TPSA) is 61.4 Å². The van der Waals surface area contributed by atoms with E-state index in [4.69, 9.17) is 0 Å². The van der Waals surface area contributed by atoms with E-state index in [0.29, 0.717) is 18.2 Å². The minimum absolute atomic E-state index is 0.0253. The van der Waals surface area contributed by atoms with E-state index in [1.807, 2.05) is 6.92 Å². The molecule has 0 radical (unpaired) electrons. The van der Waals surface area contributed by atoms with Crippen molar-refractivity contribution >= 4 is 23.2 Å². The normalized spacial score (nSPS) is 22.3. The number of benzene rings is 1. The van der Waals surface area contributed by atoms with Crippen LogP contribution in [0, 0.1) is 17.7 Å². The quantitative estimate of drug-likeness (QED) is 0.841. The van der Waals surface area contributed by atoms with Crippen LogP contribution in [0.3, 0.4) is 0 Å². The van der Waals surface area contributed by atoms with Crippen molar-refractivity contribution in [1.82, 2.24) is 5.32 Å². The van der Waals surface area contributed by atoms with Crippen LogP contribution < -0.4 is 15.5 Å². The fourth-order valence-electron chi connectivity index (χ4n) is 3.15. The van der Waals surface area contributed by atoms with Gasteiger partial charge in [-0.25, -0.2) is 4.39 Å². The highest BCUT2D eigenvalue weighted by Crippen LogP contribution is 2.37. The van der Waals surface area contributed by atoms with Crippen molar-refractivity contribution in [3.05, 3.63) is 24.0 Å². The van der Waals surface area contributed by atoms with E-state index >= 15 is 0 Å². The van der Waals surface area contributed by atoms with Crippen LogP contribution in [-0.2, 0) is 9.59 Å². The summed E-state index contributed by atoms with van der Waals surface area (Å²) in [5.74, 6) is 0.00893. The highest BCUT2D eigenvalue weighted by molar-refractivity contribution is 5.92. The first kappa shape index (κ1) is 16.7. The number of amides is 2. The summed E-state index contributed by atoms with van der Waals surface area (Å²) in [6.45, 7) is 4.19. The third kappa shape index (κ3) is 4.24. The molecule has 2 aliphatic rings. The Morgan fingerprint density at radius 3 is 2.62 bits per heavy atom. The molecule has 2 atom stereocenters. The Bertz CT molecular complexity index is 629. The lowest BCUT2D eigenvalue weighted by molar-refractivity contribution is -0.122. The maximum Gasteiger partial charge on any atom is 0.226 e. The van der Waals surface area contributed by atoms with Gasteiger partial charge in [0.15, 0.2) is 0 Å². The number of carbonyl (C=O) groups is 2. The van der Waals surface area contributed by atoms with Crippen molar-refractivity contribution < 1.29 is 14.0 Å². The zero-order valence-electron chi connectivity index (χ0n) is 14.0. The van der Waals surface area contributed by atoms with Crippen LogP contribution in [0.25, 0.3) is 0 Å². The van der Waals surface area contributed by atoms with Crippen molar-refractivity contribution in [3.63, 3.8) is 0 Å². The fourth-order valence-corrected chi connectivity index (χ4v) is 3.15. The first-order chi connectivity index (χ1) is 11.5. The van der Waals surface area contributed by atoms with Crippen molar-refractivity contribution in [2.45, 2.75) is 32.6 Å². The fraction of sp³-hybridized carbons (Fsp3) is 0.556. The van der Waals surface area contributed by atoms with Gasteiger partial charge in [-0.15, -0.1) is 0 Å². The number of hydrogen-bond donors (Lipinski definition) is 2. The van der Waals surface area contributed by atoms with E-state index < -0.39 is 0 Å². The van der Waals surface area contributed by atoms with Gasteiger partial charge in [0.05, 0.1) is 0 Å². The van der Waals surface area contributed by atoms with E-state index in [0.717, 1.165) is 38.0 Å². The van der Waals surface area contributed by atoms with Gasteiger partial charge in [-0.3, -0.25) is 9.59 Å². The third-order valence-corrected chi connectivity index (χ3v) is 4.74. The van der Waals surface area contributed by atoms with Crippen molar-refractivity contribution in [1.29, 1.82) is 0 Å². The molecule has 2 amide bonds. The molecule has 1 saturated heterocycles. The molecule has 0 bridgehead atoms. The number of hydrogen-bond acceptors (Lipinski definition) is 3. The van der Waals surface area contributed by atoms with Gasteiger partial charge < -0.3 is 15.5 Å². The number of halogens is 1. The maximum atomic E-state index is 13.8. The zero-order chi connectivity index (χ0) is 17.1. The van der Waals surface area contributed by atoms with Crippen LogP contribution >= 0.6 is 0 Å². The molecule has 6 heteroatoms. The van der Waals surface area contributed by atoms with E-state index in [1.165, 1.54) is 12.1 Å². The van der Waals surface area contributed by atoms with E-state index in [-0.39, 0.29) is 30.0 Å². The lowest BCUT2D eigenvalue weighted by Crippen LogP contribution is -2.29. The SMILES string of the molecule is C[C@@H]1C[C@@H]1C(=O)NCCC(=O)Nc1cc(F)cc(N2CCCC2)c1. The summed E-state index contributed by atoms with van der Waals surface area (Å²) >= 11 is 0. The average Bonchev–Trinajstić information content (AvgIpc) is 3.03. The molecule has 0 spiro atoms. The summed E-state index contributed by atoms with van der Waals surface area (Å²) in [5, 5.41) is 5.49. The molecule has 1 aromatic carbocycles. The van der Waals surface area contributed by atoms with Crippen LogP contribution in [0.1, 0.15) is 32.6 Å². The highest BCUT2D eigenvalue weighted by atomic mass is 19.1. The summed E-state index contributed by atoms with van der Waals surface area (Å²) in [4.78, 5) is 25.8. The van der Waals surface area contributed by atoms with Gasteiger partial charge in [-0.2, -0.15) is 0 Å². The minimum atomic E-state index is -0.356. The van der Waals surface area contributed by atoms with Crippen molar-refractivity contribution in [2.75, 3.05) is 29.9 Å². The molecule has 3 rings (SSSR count). The summed E-state index contributed by atoms with van der Waals surface area (Å²) in [6.07, 6.45) is 3.33. The smallest absolute Gasteiger partial charge is 0.226 e. The van der Waals surface area contributed by atoms with E-state index in [1.54, 1.807) is 6.07 Å². The Labute approximate surface area is 141 Å². The first-order valence-corrected chi connectivity index (χ1v) is 8.66. The molecule has 0 aromatic heterocycles. The summed E-state index contributed by atoms with van der Waals surface area (Å²) in [5.41, 5.74) is 1.27. The van der Waals surface area contributed by atoms with E-state index in [9.17, 15) is 14.0 Å². The molecule has 2 N–H and O–H groups in total. The van der Waals surface area contributed by atoms with Gasteiger partial charge >= 0.3 is 0 Å². The number of nitrogens with one attached hydrogen (secondary N) is 2. The van der Waals surface area contributed by atoms with E-state index in [2.05, 4.69) is 15.5 Å². The lowest BCUT2D eigenvalue weighted by atomic mass is 10.2. The lowest BCUT2D eigenvalue weighted by Gasteiger charge is -2.18.